The van der Waals surface area contributed by atoms with Crippen molar-refractivity contribution in [1.29, 1.82) is 0 Å². The van der Waals surface area contributed by atoms with Crippen LogP contribution in [0, 0.1) is 6.92 Å². The number of hydrogen-bond donors (Lipinski definition) is 2. The number of aromatic nitrogens is 3. The fraction of sp³-hybridized carbons (Fsp3) is 0.154. The van der Waals surface area contributed by atoms with Gasteiger partial charge >= 0.3 is 5.91 Å². The second kappa shape index (κ2) is 8.60. The van der Waals surface area contributed by atoms with Gasteiger partial charge in [0.05, 0.1) is 42.4 Å². The molecule has 1 aliphatic heterocycles. The highest BCUT2D eigenvalue weighted by Crippen LogP contribution is 2.43. The van der Waals surface area contributed by atoms with E-state index in [2.05, 4.69) is 15.0 Å². The minimum atomic E-state index is -0.961. The van der Waals surface area contributed by atoms with Crippen molar-refractivity contribution in [1.82, 2.24) is 15.0 Å². The van der Waals surface area contributed by atoms with Gasteiger partial charge in [-0.25, -0.2) is 4.98 Å². The Morgan fingerprint density at radius 2 is 1.91 bits per heavy atom. The molecule has 1 aliphatic rings. The van der Waals surface area contributed by atoms with Crippen molar-refractivity contribution in [2.45, 2.75) is 13.0 Å². The van der Waals surface area contributed by atoms with Crippen molar-refractivity contribution in [2.75, 3.05) is 19.1 Å². The van der Waals surface area contributed by atoms with Gasteiger partial charge in [0.1, 0.15) is 17.3 Å². The third kappa shape index (κ3) is 3.67. The molecule has 0 radical (unpaired) electrons. The summed E-state index contributed by atoms with van der Waals surface area (Å²) in [4.78, 5) is 39.8. The zero-order valence-electron chi connectivity index (χ0n) is 19.3. The Kier molecular flexibility index (Phi) is 5.44. The van der Waals surface area contributed by atoms with Gasteiger partial charge in [-0.2, -0.15) is 0 Å². The smallest absolute Gasteiger partial charge is 0.302 e. The molecule has 1 fully saturated rings. The van der Waals surface area contributed by atoms with Crippen LogP contribution in [0.5, 0.6) is 11.5 Å². The van der Waals surface area contributed by atoms with E-state index in [-0.39, 0.29) is 28.6 Å². The van der Waals surface area contributed by atoms with E-state index in [1.165, 1.54) is 19.1 Å². The van der Waals surface area contributed by atoms with Crippen molar-refractivity contribution in [2.24, 2.45) is 0 Å². The van der Waals surface area contributed by atoms with Crippen molar-refractivity contribution >= 4 is 34.4 Å². The molecule has 1 amide bonds. The van der Waals surface area contributed by atoms with E-state index in [1.807, 2.05) is 25.1 Å². The summed E-state index contributed by atoms with van der Waals surface area (Å²) in [7, 11) is 2.95. The summed E-state index contributed by atoms with van der Waals surface area (Å²) in [5.41, 5.74) is 3.09. The summed E-state index contributed by atoms with van der Waals surface area (Å²) in [6, 6.07) is 12.9. The highest BCUT2D eigenvalue weighted by Gasteiger charge is 2.48. The number of carbonyl (C=O) groups is 2. The van der Waals surface area contributed by atoms with E-state index in [9.17, 15) is 14.7 Å². The molecule has 176 valence electrons. The van der Waals surface area contributed by atoms with Gasteiger partial charge in [0.2, 0.25) is 5.95 Å². The van der Waals surface area contributed by atoms with Gasteiger partial charge in [0, 0.05) is 18.5 Å². The zero-order valence-corrected chi connectivity index (χ0v) is 19.3. The number of carbonyl (C=O) groups excluding carboxylic acids is 2. The Balaban J connectivity index is 1.73. The first-order valence-corrected chi connectivity index (χ1v) is 10.8. The molecule has 9 heteroatoms. The summed E-state index contributed by atoms with van der Waals surface area (Å²) in [5, 5.41) is 11.4. The lowest BCUT2D eigenvalue weighted by Gasteiger charge is -2.22. The van der Waals surface area contributed by atoms with Gasteiger partial charge < -0.3 is 19.6 Å². The van der Waals surface area contributed by atoms with Gasteiger partial charge in [-0.3, -0.25) is 19.5 Å². The fourth-order valence-corrected chi connectivity index (χ4v) is 4.27. The first-order valence-electron chi connectivity index (χ1n) is 10.8. The third-order valence-corrected chi connectivity index (χ3v) is 5.96. The molecular formula is C26H22N4O5. The monoisotopic (exact) mass is 470 g/mol. The van der Waals surface area contributed by atoms with E-state index in [4.69, 9.17) is 9.47 Å². The number of amides is 1. The Bertz CT molecular complexity index is 1490. The van der Waals surface area contributed by atoms with E-state index in [0.717, 1.165) is 11.1 Å². The van der Waals surface area contributed by atoms with Gasteiger partial charge in [-0.05, 0) is 48.4 Å². The molecule has 1 saturated heterocycles. The number of ketones is 1. The molecule has 3 heterocycles. The number of ether oxygens (including phenoxy) is 2. The standard InChI is InChI=1S/C26H22N4O5/c1-14-6-9-18-19(11-14)29-26(28-18)30-22(15-5-4-10-27-13-15)21(24(32)25(30)33)23(31)17-8-7-16(34-2)12-20(17)35-3/h4-13,22,31H,1-3H3,(H,28,29)/b23-21+. The normalized spacial score (nSPS) is 17.2. The van der Waals surface area contributed by atoms with Crippen LogP contribution in [0.25, 0.3) is 16.8 Å². The highest BCUT2D eigenvalue weighted by atomic mass is 16.5. The molecule has 9 nitrogen and oxygen atoms in total. The average molecular weight is 470 g/mol. The maximum atomic E-state index is 13.3. The lowest BCUT2D eigenvalue weighted by atomic mass is 9.96. The first-order chi connectivity index (χ1) is 16.9. The molecule has 0 aliphatic carbocycles. The number of pyridine rings is 1. The van der Waals surface area contributed by atoms with E-state index in [0.29, 0.717) is 16.8 Å². The topological polar surface area (TPSA) is 118 Å². The number of aliphatic hydroxyl groups is 1. The Morgan fingerprint density at radius 3 is 2.63 bits per heavy atom. The van der Waals surface area contributed by atoms with Gasteiger partial charge in [0.25, 0.3) is 5.78 Å². The average Bonchev–Trinajstić information content (AvgIpc) is 3.41. The Morgan fingerprint density at radius 1 is 1.09 bits per heavy atom. The molecule has 0 bridgehead atoms. The van der Waals surface area contributed by atoms with E-state index >= 15 is 0 Å². The number of aryl methyl sites for hydroxylation is 1. The van der Waals surface area contributed by atoms with Crippen LogP contribution < -0.4 is 14.4 Å². The summed E-state index contributed by atoms with van der Waals surface area (Å²) in [6.07, 6.45) is 3.14. The number of methoxy groups -OCH3 is 2. The fourth-order valence-electron chi connectivity index (χ4n) is 4.27. The van der Waals surface area contributed by atoms with E-state index < -0.39 is 17.7 Å². The number of Topliss-reactive ketones (excluding diaryl/α,β-unsaturated/α-hetero) is 1. The quantitative estimate of drug-likeness (QED) is 0.258. The summed E-state index contributed by atoms with van der Waals surface area (Å²) in [6.45, 7) is 1.95. The maximum Gasteiger partial charge on any atom is 0.302 e. The first kappa shape index (κ1) is 22.1. The van der Waals surface area contributed by atoms with Crippen molar-refractivity contribution in [3.05, 3.63) is 83.2 Å². The number of anilines is 1. The number of aliphatic hydroxyl groups excluding tert-OH is 1. The molecule has 2 aromatic heterocycles. The number of nitrogens with zero attached hydrogens (tertiary/aromatic N) is 3. The van der Waals surface area contributed by atoms with Crippen molar-refractivity contribution in [3.63, 3.8) is 0 Å². The summed E-state index contributed by atoms with van der Waals surface area (Å²) < 4.78 is 10.6. The molecule has 5 rings (SSSR count). The largest absolute Gasteiger partial charge is 0.507 e. The van der Waals surface area contributed by atoms with Crippen LogP contribution in [0.15, 0.2) is 66.5 Å². The number of rotatable bonds is 5. The number of imidazole rings is 1. The minimum Gasteiger partial charge on any atom is -0.507 e. The maximum absolute atomic E-state index is 13.3. The van der Waals surface area contributed by atoms with Crippen LogP contribution in [0.2, 0.25) is 0 Å². The summed E-state index contributed by atoms with van der Waals surface area (Å²) in [5.74, 6) is -1.03. The number of nitrogens with one attached hydrogen (secondary N) is 1. The molecule has 1 unspecified atom stereocenters. The second-order valence-electron chi connectivity index (χ2n) is 8.10. The van der Waals surface area contributed by atoms with Crippen LogP contribution in [-0.4, -0.2) is 46.0 Å². The molecule has 0 saturated carbocycles. The molecule has 2 aromatic carbocycles. The number of hydrogen-bond acceptors (Lipinski definition) is 7. The number of H-pyrrole nitrogens is 1. The molecule has 0 spiro atoms. The van der Waals surface area contributed by atoms with Crippen molar-refractivity contribution in [3.8, 4) is 11.5 Å². The number of fused-ring (bicyclic) bond motifs is 1. The number of benzene rings is 2. The van der Waals surface area contributed by atoms with Crippen LogP contribution in [-0.2, 0) is 9.59 Å². The highest BCUT2D eigenvalue weighted by molar-refractivity contribution is 6.51. The molecule has 1 atom stereocenters. The second-order valence-corrected chi connectivity index (χ2v) is 8.10. The zero-order chi connectivity index (χ0) is 24.7. The van der Waals surface area contributed by atoms with Gasteiger partial charge in [-0.15, -0.1) is 0 Å². The van der Waals surface area contributed by atoms with Crippen molar-refractivity contribution < 1.29 is 24.2 Å². The predicted molar refractivity (Wildman–Crippen MR) is 129 cm³/mol. The predicted octanol–water partition coefficient (Wildman–Crippen LogP) is 3.91. The summed E-state index contributed by atoms with van der Waals surface area (Å²) >= 11 is 0. The minimum absolute atomic E-state index is 0.0943. The lowest BCUT2D eigenvalue weighted by molar-refractivity contribution is -0.132. The number of aromatic amines is 1. The van der Waals surface area contributed by atoms with E-state index in [1.54, 1.807) is 42.7 Å². The van der Waals surface area contributed by atoms with Crippen LogP contribution in [0.3, 0.4) is 0 Å². The lowest BCUT2D eigenvalue weighted by Crippen LogP contribution is -2.30. The van der Waals surface area contributed by atoms with Gasteiger partial charge in [0.15, 0.2) is 0 Å². The Labute approximate surface area is 200 Å². The van der Waals surface area contributed by atoms with Crippen LogP contribution in [0.1, 0.15) is 22.7 Å². The van der Waals surface area contributed by atoms with Gasteiger partial charge in [-0.1, -0.05) is 12.1 Å². The molecule has 35 heavy (non-hydrogen) atoms. The van der Waals surface area contributed by atoms with Crippen LogP contribution >= 0.6 is 0 Å². The van der Waals surface area contributed by atoms with Crippen LogP contribution in [0.4, 0.5) is 5.95 Å². The molecule has 2 N–H and O–H groups in total. The molecule has 4 aromatic rings. The molecular weight excluding hydrogens is 448 g/mol. The SMILES string of the molecule is COc1ccc(/C(O)=C2\C(=O)C(=O)N(c3nc4ccc(C)cc4[nH]3)C2c2cccnc2)c(OC)c1. The third-order valence-electron chi connectivity index (χ3n) is 5.96. The Hall–Kier alpha value is -4.66.